The Bertz CT molecular complexity index is 614. The number of carboxylic acids is 1. The molecule has 15 nitrogen and oxygen atoms in total. The number of carboxylic acid groups (broad SMARTS) is 1. The third-order valence-corrected chi connectivity index (χ3v) is 5.67. The zero-order valence-corrected chi connectivity index (χ0v) is 17.7. The monoisotopic (exact) mass is 486 g/mol. The van der Waals surface area contributed by atoms with Crippen LogP contribution in [0.15, 0.2) is 0 Å². The molecule has 33 heavy (non-hydrogen) atoms. The van der Waals surface area contributed by atoms with E-state index in [-0.39, 0.29) is 19.4 Å². The second kappa shape index (κ2) is 12.6. The van der Waals surface area contributed by atoms with Crippen molar-refractivity contribution in [1.29, 1.82) is 0 Å². The highest BCUT2D eigenvalue weighted by Gasteiger charge is 2.51. The van der Waals surface area contributed by atoms with Crippen molar-refractivity contribution >= 4 is 5.97 Å². The Morgan fingerprint density at radius 1 is 0.848 bits per heavy atom. The number of ether oxygens (including phenoxy) is 4. The maximum atomic E-state index is 10.9. The number of hydrogen-bond acceptors (Lipinski definition) is 14. The molecule has 0 aromatic carbocycles. The van der Waals surface area contributed by atoms with Gasteiger partial charge in [-0.25, -0.2) is 0 Å². The van der Waals surface area contributed by atoms with Crippen LogP contribution in [0.4, 0.5) is 0 Å². The zero-order chi connectivity index (χ0) is 24.9. The van der Waals surface area contributed by atoms with E-state index in [0.29, 0.717) is 0 Å². The zero-order valence-electron chi connectivity index (χ0n) is 17.7. The van der Waals surface area contributed by atoms with Crippen molar-refractivity contribution in [3.8, 4) is 0 Å². The molecule has 2 aliphatic rings. The van der Waals surface area contributed by atoms with Gasteiger partial charge in [-0.3, -0.25) is 4.79 Å². The lowest BCUT2D eigenvalue weighted by Gasteiger charge is -2.46. The number of nitrogens with two attached hydrogens (primary N) is 2. The Morgan fingerprint density at radius 3 is 1.91 bits per heavy atom. The number of carbonyl (C=O) groups is 1. The average molecular weight is 486 g/mol. The predicted octanol–water partition coefficient (Wildman–Crippen LogP) is -5.85. The van der Waals surface area contributed by atoms with E-state index in [1.54, 1.807) is 0 Å². The van der Waals surface area contributed by atoms with Crippen molar-refractivity contribution in [1.82, 2.24) is 0 Å². The van der Waals surface area contributed by atoms with Gasteiger partial charge in [-0.15, -0.1) is 0 Å². The van der Waals surface area contributed by atoms with Gasteiger partial charge in [-0.05, 0) is 12.8 Å². The summed E-state index contributed by atoms with van der Waals surface area (Å²) in [5.74, 6) is -1.22. The molecule has 0 aliphatic carbocycles. The van der Waals surface area contributed by atoms with E-state index in [1.807, 2.05) is 0 Å². The molecule has 0 amide bonds. The van der Waals surface area contributed by atoms with Crippen molar-refractivity contribution < 1.29 is 64.6 Å². The Hall–Kier alpha value is -1.05. The molecule has 194 valence electrons. The first-order valence-corrected chi connectivity index (χ1v) is 10.5. The van der Waals surface area contributed by atoms with Crippen molar-refractivity contribution in [3.63, 3.8) is 0 Å². The van der Waals surface area contributed by atoms with Gasteiger partial charge in [0.25, 0.3) is 0 Å². The molecular formula is C18H34N2O13. The van der Waals surface area contributed by atoms with Crippen LogP contribution >= 0.6 is 0 Å². The number of aliphatic hydroxyl groups is 7. The molecule has 0 saturated carbocycles. The van der Waals surface area contributed by atoms with E-state index in [4.69, 9.17) is 35.5 Å². The Morgan fingerprint density at radius 2 is 1.39 bits per heavy atom. The van der Waals surface area contributed by atoms with Gasteiger partial charge < -0.3 is 71.3 Å². The molecular weight excluding hydrogens is 452 g/mol. The van der Waals surface area contributed by atoms with Crippen LogP contribution < -0.4 is 11.5 Å². The minimum atomic E-state index is -1.80. The van der Waals surface area contributed by atoms with Crippen LogP contribution in [0.3, 0.4) is 0 Å². The van der Waals surface area contributed by atoms with Gasteiger partial charge in [-0.1, -0.05) is 0 Å². The quantitative estimate of drug-likeness (QED) is 0.130. The fraction of sp³-hybridized carbons (Fsp3) is 0.944. The molecule has 0 radical (unpaired) electrons. The summed E-state index contributed by atoms with van der Waals surface area (Å²) < 4.78 is 22.0. The first-order chi connectivity index (χ1) is 15.5. The lowest BCUT2D eigenvalue weighted by Crippen LogP contribution is -2.65. The molecule has 2 heterocycles. The Kier molecular flexibility index (Phi) is 10.8. The van der Waals surface area contributed by atoms with Crippen LogP contribution in [0.2, 0.25) is 0 Å². The maximum Gasteiger partial charge on any atom is 0.320 e. The molecule has 0 bridgehead atoms. The first-order valence-electron chi connectivity index (χ1n) is 10.5. The lowest BCUT2D eigenvalue weighted by atomic mass is 9.97. The highest BCUT2D eigenvalue weighted by Crippen LogP contribution is 2.30. The summed E-state index contributed by atoms with van der Waals surface area (Å²) in [7, 11) is 0. The predicted molar refractivity (Wildman–Crippen MR) is 105 cm³/mol. The Balaban J connectivity index is 2.18. The number of aliphatic hydroxyl groups excluding tert-OH is 7. The molecule has 12 atom stereocenters. The van der Waals surface area contributed by atoms with Gasteiger partial charge in [0.2, 0.25) is 0 Å². The minimum absolute atomic E-state index is 0.00321. The summed E-state index contributed by atoms with van der Waals surface area (Å²) >= 11 is 0. The fourth-order valence-corrected chi connectivity index (χ4v) is 3.57. The number of rotatable bonds is 11. The Labute approximate surface area is 189 Å². The molecule has 2 unspecified atom stereocenters. The summed E-state index contributed by atoms with van der Waals surface area (Å²) in [6, 6.07) is -1.17. The summed E-state index contributed by atoms with van der Waals surface area (Å²) in [5, 5.41) is 78.6. The third-order valence-electron chi connectivity index (χ3n) is 5.67. The summed E-state index contributed by atoms with van der Waals surface area (Å²) in [4.78, 5) is 10.9. The van der Waals surface area contributed by atoms with Gasteiger partial charge in [0.1, 0.15) is 54.9 Å². The molecule has 0 aromatic rings. The second-order valence-electron chi connectivity index (χ2n) is 8.02. The smallest absolute Gasteiger partial charge is 0.320 e. The van der Waals surface area contributed by atoms with E-state index in [2.05, 4.69) is 0 Å². The van der Waals surface area contributed by atoms with E-state index in [9.17, 15) is 40.5 Å². The standard InChI is InChI=1S/C18H34N2O13/c19-3-6(1-2-7(20)16(28)29)30-18-15(13(26)11(24)9(5-22)32-18)33-17-14(27)12(25)10(23)8(4-21)31-17/h6-15,17-18,21-27H,1-5,19-20H2,(H,28,29)/t6?,7-,8+,9+,10+,11-,12?,13-,14+,15+,17+,18+/m0/s1. The topological polar surface area (TPSA) is 268 Å². The van der Waals surface area contributed by atoms with Crippen molar-refractivity contribution in [3.05, 3.63) is 0 Å². The molecule has 2 fully saturated rings. The largest absolute Gasteiger partial charge is 0.480 e. The summed E-state index contributed by atoms with van der Waals surface area (Å²) in [6.45, 7) is -1.52. The first kappa shape index (κ1) is 28.2. The molecule has 12 N–H and O–H groups in total. The highest BCUT2D eigenvalue weighted by molar-refractivity contribution is 5.72. The van der Waals surface area contributed by atoms with Crippen LogP contribution in [-0.4, -0.2) is 140 Å². The van der Waals surface area contributed by atoms with Gasteiger partial charge in [0.05, 0.1) is 19.3 Å². The van der Waals surface area contributed by atoms with Gasteiger partial charge in [-0.2, -0.15) is 0 Å². The van der Waals surface area contributed by atoms with E-state index in [0.717, 1.165) is 0 Å². The van der Waals surface area contributed by atoms with Crippen LogP contribution in [0, 0.1) is 0 Å². The lowest BCUT2D eigenvalue weighted by molar-refractivity contribution is -0.371. The maximum absolute atomic E-state index is 10.9. The van der Waals surface area contributed by atoms with Gasteiger partial charge in [0, 0.05) is 6.54 Å². The number of hydrogen-bond donors (Lipinski definition) is 10. The second-order valence-corrected chi connectivity index (χ2v) is 8.02. The van der Waals surface area contributed by atoms with Crippen molar-refractivity contribution in [2.24, 2.45) is 11.5 Å². The normalized spacial score (nSPS) is 41.5. The van der Waals surface area contributed by atoms with Crippen molar-refractivity contribution in [2.75, 3.05) is 19.8 Å². The average Bonchev–Trinajstić information content (AvgIpc) is 2.80. The van der Waals surface area contributed by atoms with Crippen LogP contribution in [0.1, 0.15) is 12.8 Å². The van der Waals surface area contributed by atoms with E-state index in [1.165, 1.54) is 0 Å². The van der Waals surface area contributed by atoms with Crippen LogP contribution in [-0.2, 0) is 23.7 Å². The van der Waals surface area contributed by atoms with Crippen LogP contribution in [0.5, 0.6) is 0 Å². The minimum Gasteiger partial charge on any atom is -0.480 e. The molecule has 2 aliphatic heterocycles. The molecule has 0 aromatic heterocycles. The fourth-order valence-electron chi connectivity index (χ4n) is 3.57. The molecule has 15 heteroatoms. The van der Waals surface area contributed by atoms with E-state index >= 15 is 0 Å². The van der Waals surface area contributed by atoms with Crippen molar-refractivity contribution in [2.45, 2.75) is 86.4 Å². The molecule has 2 saturated heterocycles. The molecule has 2 rings (SSSR count). The highest BCUT2D eigenvalue weighted by atomic mass is 16.8. The van der Waals surface area contributed by atoms with Gasteiger partial charge >= 0.3 is 5.97 Å². The van der Waals surface area contributed by atoms with Crippen LogP contribution in [0.25, 0.3) is 0 Å². The third kappa shape index (κ3) is 6.76. The summed E-state index contributed by atoms with van der Waals surface area (Å²) in [5.41, 5.74) is 11.2. The number of aliphatic carboxylic acids is 1. The SMILES string of the molecule is NCC(CC[C@H](N)C(=O)O)O[C@@H]1O[C@H](CO)[C@H](O)[C@H](O)[C@H]1O[C@H]1O[C@H](CO)[C@@H](O)C(O)[C@H]1O. The van der Waals surface area contributed by atoms with Gasteiger partial charge in [0.15, 0.2) is 12.6 Å². The summed E-state index contributed by atoms with van der Waals surface area (Å²) in [6.07, 6.45) is -16.6. The molecule has 0 spiro atoms. The van der Waals surface area contributed by atoms with E-state index < -0.39 is 92.7 Å².